The van der Waals surface area contributed by atoms with Crippen molar-refractivity contribution in [1.82, 2.24) is 9.55 Å². The van der Waals surface area contributed by atoms with Gasteiger partial charge in [0.2, 0.25) is 0 Å². The Bertz CT molecular complexity index is 474. The number of carboxylic acids is 1. The minimum atomic E-state index is -0.702. The van der Waals surface area contributed by atoms with E-state index in [0.717, 1.165) is 29.1 Å². The zero-order valence-corrected chi connectivity index (χ0v) is 12.6. The van der Waals surface area contributed by atoms with Gasteiger partial charge in [0, 0.05) is 19.4 Å². The summed E-state index contributed by atoms with van der Waals surface area (Å²) in [6.07, 6.45) is 2.18. The lowest BCUT2D eigenvalue weighted by atomic mass is 9.91. The molecule has 2 heterocycles. The van der Waals surface area contributed by atoms with Crippen LogP contribution in [0.15, 0.2) is 4.60 Å². The van der Waals surface area contributed by atoms with Gasteiger partial charge in [-0.05, 0) is 27.8 Å². The lowest BCUT2D eigenvalue weighted by Gasteiger charge is -2.24. The molecule has 0 bridgehead atoms. The Morgan fingerprint density at radius 2 is 2.22 bits per heavy atom. The second-order valence-electron chi connectivity index (χ2n) is 6.18. The number of fused-ring (bicyclic) bond motifs is 1. The van der Waals surface area contributed by atoms with Gasteiger partial charge in [-0.3, -0.25) is 4.79 Å². The van der Waals surface area contributed by atoms with E-state index in [-0.39, 0.29) is 11.3 Å². The summed E-state index contributed by atoms with van der Waals surface area (Å²) < 4.78 is 3.00. The number of aromatic nitrogens is 2. The zero-order chi connectivity index (χ0) is 13.5. The molecule has 0 aromatic carbocycles. The zero-order valence-electron chi connectivity index (χ0n) is 11.0. The van der Waals surface area contributed by atoms with Crippen molar-refractivity contribution in [3.05, 3.63) is 16.1 Å². The number of aliphatic carboxylic acids is 1. The number of imidazole rings is 1. The summed E-state index contributed by atoms with van der Waals surface area (Å²) in [6.45, 7) is 7.32. The maximum Gasteiger partial charge on any atom is 0.306 e. The summed E-state index contributed by atoms with van der Waals surface area (Å²) in [5, 5.41) is 9.10. The minimum absolute atomic E-state index is 0.186. The highest BCUT2D eigenvalue weighted by Gasteiger charge is 2.29. The lowest BCUT2D eigenvalue weighted by Crippen LogP contribution is -2.27. The van der Waals surface area contributed by atoms with Gasteiger partial charge in [0.05, 0.1) is 11.6 Å². The van der Waals surface area contributed by atoms with Crippen LogP contribution in [0, 0.1) is 11.3 Å². The van der Waals surface area contributed by atoms with Gasteiger partial charge in [-0.25, -0.2) is 4.98 Å². The highest BCUT2D eigenvalue weighted by Crippen LogP contribution is 2.30. The van der Waals surface area contributed by atoms with Crippen LogP contribution in [0.1, 0.15) is 38.7 Å². The Hall–Kier alpha value is -0.840. The summed E-state index contributed by atoms with van der Waals surface area (Å²) in [4.78, 5) is 15.6. The molecule has 2 rings (SSSR count). The van der Waals surface area contributed by atoms with Gasteiger partial charge in [-0.1, -0.05) is 20.8 Å². The minimum Gasteiger partial charge on any atom is -0.481 e. The number of nitrogens with zero attached hydrogens (tertiary/aromatic N) is 2. The van der Waals surface area contributed by atoms with Gasteiger partial charge in [0.25, 0.3) is 0 Å². The van der Waals surface area contributed by atoms with Gasteiger partial charge < -0.3 is 9.67 Å². The first-order valence-electron chi connectivity index (χ1n) is 6.24. The van der Waals surface area contributed by atoms with Crippen LogP contribution in [0.5, 0.6) is 0 Å². The molecule has 1 aliphatic heterocycles. The maximum atomic E-state index is 11.1. The van der Waals surface area contributed by atoms with Crippen molar-refractivity contribution in [2.45, 2.75) is 46.6 Å². The molecule has 1 aliphatic rings. The van der Waals surface area contributed by atoms with Crippen molar-refractivity contribution < 1.29 is 9.90 Å². The van der Waals surface area contributed by atoms with Crippen LogP contribution in [0.2, 0.25) is 0 Å². The van der Waals surface area contributed by atoms with Gasteiger partial charge >= 0.3 is 5.97 Å². The third kappa shape index (κ3) is 2.76. The summed E-state index contributed by atoms with van der Waals surface area (Å²) >= 11 is 3.46. The Balaban J connectivity index is 2.29. The van der Waals surface area contributed by atoms with Gasteiger partial charge in [-0.2, -0.15) is 0 Å². The van der Waals surface area contributed by atoms with Crippen molar-refractivity contribution in [1.29, 1.82) is 0 Å². The van der Waals surface area contributed by atoms with Crippen LogP contribution >= 0.6 is 15.9 Å². The van der Waals surface area contributed by atoms with Crippen LogP contribution in [-0.2, 0) is 24.2 Å². The summed E-state index contributed by atoms with van der Waals surface area (Å²) in [5.41, 5.74) is 1.22. The molecule has 0 radical (unpaired) electrons. The van der Waals surface area contributed by atoms with E-state index >= 15 is 0 Å². The lowest BCUT2D eigenvalue weighted by molar-refractivity contribution is -0.142. The largest absolute Gasteiger partial charge is 0.481 e. The molecular formula is C13H19BrN2O2. The predicted octanol–water partition coefficient (Wildman–Crippen LogP) is 2.88. The Morgan fingerprint density at radius 1 is 1.56 bits per heavy atom. The van der Waals surface area contributed by atoms with Gasteiger partial charge in [0.1, 0.15) is 10.4 Å². The molecular weight excluding hydrogens is 296 g/mol. The SMILES string of the molecule is CC(C)(C)Cc1nc(Br)c2n1CCC(C(=O)O)C2. The van der Waals surface area contributed by atoms with E-state index in [4.69, 9.17) is 5.11 Å². The van der Waals surface area contributed by atoms with Crippen molar-refractivity contribution >= 4 is 21.9 Å². The first-order valence-corrected chi connectivity index (χ1v) is 7.04. The van der Waals surface area contributed by atoms with Crippen LogP contribution in [0.3, 0.4) is 0 Å². The topological polar surface area (TPSA) is 55.1 Å². The predicted molar refractivity (Wildman–Crippen MR) is 72.5 cm³/mol. The normalized spacial score (nSPS) is 19.7. The average molecular weight is 315 g/mol. The number of carboxylic acid groups (broad SMARTS) is 1. The van der Waals surface area contributed by atoms with Crippen LogP contribution in [0.4, 0.5) is 0 Å². The molecule has 0 saturated heterocycles. The number of rotatable bonds is 2. The third-order valence-corrected chi connectivity index (χ3v) is 3.92. The van der Waals surface area contributed by atoms with Crippen molar-refractivity contribution in [2.24, 2.45) is 11.3 Å². The highest BCUT2D eigenvalue weighted by atomic mass is 79.9. The van der Waals surface area contributed by atoms with Crippen molar-refractivity contribution in [2.75, 3.05) is 0 Å². The second-order valence-corrected chi connectivity index (χ2v) is 6.93. The molecule has 0 amide bonds. The van der Waals surface area contributed by atoms with Crippen LogP contribution in [-0.4, -0.2) is 20.6 Å². The first kappa shape index (κ1) is 13.6. The van der Waals surface area contributed by atoms with E-state index in [9.17, 15) is 4.79 Å². The van der Waals surface area contributed by atoms with Crippen molar-refractivity contribution in [3.63, 3.8) is 0 Å². The van der Waals surface area contributed by atoms with Gasteiger partial charge in [-0.15, -0.1) is 0 Å². The quantitative estimate of drug-likeness (QED) is 0.913. The Kier molecular flexibility index (Phi) is 3.54. The smallest absolute Gasteiger partial charge is 0.306 e. The molecule has 18 heavy (non-hydrogen) atoms. The van der Waals surface area contributed by atoms with E-state index in [1.807, 2.05) is 0 Å². The van der Waals surface area contributed by atoms with E-state index in [1.54, 1.807) is 0 Å². The fourth-order valence-corrected chi connectivity index (χ4v) is 2.98. The summed E-state index contributed by atoms with van der Waals surface area (Å²) in [5.74, 6) is 0.0907. The number of hydrogen-bond acceptors (Lipinski definition) is 2. The monoisotopic (exact) mass is 314 g/mol. The first-order chi connectivity index (χ1) is 8.28. The maximum absolute atomic E-state index is 11.1. The second kappa shape index (κ2) is 4.68. The molecule has 1 aromatic heterocycles. The Labute approximate surface area is 116 Å². The third-order valence-electron chi connectivity index (χ3n) is 3.28. The molecule has 0 aliphatic carbocycles. The molecule has 1 N–H and O–H groups in total. The molecule has 0 fully saturated rings. The molecule has 4 nitrogen and oxygen atoms in total. The van der Waals surface area contributed by atoms with E-state index in [1.165, 1.54) is 0 Å². The highest BCUT2D eigenvalue weighted by molar-refractivity contribution is 9.10. The van der Waals surface area contributed by atoms with Crippen molar-refractivity contribution in [3.8, 4) is 0 Å². The van der Waals surface area contributed by atoms with Crippen LogP contribution in [0.25, 0.3) is 0 Å². The van der Waals surface area contributed by atoms with Crippen LogP contribution < -0.4 is 0 Å². The van der Waals surface area contributed by atoms with Gasteiger partial charge in [0.15, 0.2) is 0 Å². The molecule has 1 atom stereocenters. The van der Waals surface area contributed by atoms with E-state index in [2.05, 4.69) is 46.3 Å². The summed E-state index contributed by atoms with van der Waals surface area (Å²) in [7, 11) is 0. The molecule has 100 valence electrons. The fraction of sp³-hybridized carbons (Fsp3) is 0.692. The molecule has 5 heteroatoms. The molecule has 0 spiro atoms. The average Bonchev–Trinajstić information content (AvgIpc) is 2.53. The molecule has 1 unspecified atom stereocenters. The number of halogens is 1. The Morgan fingerprint density at radius 3 is 2.78 bits per heavy atom. The van der Waals surface area contributed by atoms with E-state index in [0.29, 0.717) is 12.8 Å². The standard InChI is InChI=1S/C13H19BrN2O2/c1-13(2,3)7-10-15-11(14)9-6-8(12(17)18)4-5-16(9)10/h8H,4-7H2,1-3H3,(H,17,18). The number of carbonyl (C=O) groups is 1. The molecule has 1 aromatic rings. The number of hydrogen-bond donors (Lipinski definition) is 1. The van der Waals surface area contributed by atoms with E-state index < -0.39 is 5.97 Å². The molecule has 0 saturated carbocycles. The fourth-order valence-electron chi connectivity index (χ4n) is 2.40. The summed E-state index contributed by atoms with van der Waals surface area (Å²) in [6, 6.07) is 0.